The molecule has 1 unspecified atom stereocenters. The molecule has 35 heteroatoms. The molecule has 12 aliphatic heterocycles. The summed E-state index contributed by atoms with van der Waals surface area (Å²) in [6.07, 6.45) is -30.6. The van der Waals surface area contributed by atoms with Gasteiger partial charge in [-0.1, -0.05) is 79.1 Å². The molecular weight excluding hydrogens is 1760 g/mol. The molecule has 11 amide bonds. The minimum atomic E-state index is -4.18. The molecule has 31 nitrogen and oxygen atoms in total. The van der Waals surface area contributed by atoms with E-state index in [4.69, 9.17) is 155 Å². The zero-order valence-electron chi connectivity index (χ0n) is 165. The first-order chi connectivity index (χ1) is 104. The SMILES string of the molecule is [2H]c1c([2H])c(OC([2H])([2H])c2c([2H])c([2H])c(C([2H])([2H])N3C([2H])([2H])C([2H])([2H])OC([2H])([2H])C3([2H])[2H])c([2H])c2F)c2c(c1[2H])C(=O)N(C1([2H])C(=O)NC(=O)C([2H])([2H])C1([2H])[2H])C2([2H])[2H].[2H]c1c([2H])c(OC([2H])([2H])c2c([2H])c([2H])c(C([2H])([2H])N3C([2H])([2H])C([2H])([2H])OC([2H])([2H])C3([2H])[2H])c([2H])c2F)c2c(c1[2H])C(=O)N([C@@]1([2H])C(=O)NC(=C)C([2H])([2H])C1([2H])[2H])C2([2H])[2H].[2H]c1c([2H])c(OC([2H])([2H])c2c([2H])c([2H])c(C([2H])([2H])N3C([2H])([2H])C([2H])([2H])OC([2H])([2H])C3([2H])[2H])c([2H])c2F)c2c(c1[2H])C(=O)N([C@H]1C(=O)NC(=O)C([2H])([2H])C1([2H])[2H])C2([2H])[2H].[2H]c1c([2H])c(OC([2H])([2H])c2c([2H])c([2H])c(C([2H])([2H])N3C([2H])([2H])C([2H])([2H])OC([2H])([2H])C3([2H])[2H])c([2H])c2F)c2c(c1[2H])C(=O)N([C@]1([2H])C(=O)NC(=O)C([2H])([2H])C1([2H])[2H])C2([2H])[2H]. The van der Waals surface area contributed by atoms with Crippen LogP contribution in [0.4, 0.5) is 17.6 Å². The van der Waals surface area contributed by atoms with Crippen LogP contribution in [0.2, 0.25) is 0 Å². The molecule has 0 aliphatic carbocycles. The number of hydrogen-bond donors (Lipinski definition) is 4. The number of benzene rings is 8. The Morgan fingerprint density at radius 2 is 0.603 bits per heavy atom. The number of halogens is 4. The Kier molecular flexibility index (Phi) is 10.3. The molecule has 0 spiro atoms. The van der Waals surface area contributed by atoms with Crippen LogP contribution in [0.3, 0.4) is 0 Å². The average molecular weight is 1970 g/mol. The maximum atomic E-state index is 16.3. The zero-order valence-corrected chi connectivity index (χ0v) is 65.6. The first kappa shape index (κ1) is 32.3. The smallest absolute Gasteiger partial charge is 0.255 e. The van der Waals surface area contributed by atoms with Gasteiger partial charge in [0.05, 0.1) is 159 Å². The number of piperidine rings is 4. The number of nitrogens with one attached hydrogen (secondary N) is 4. The third kappa shape index (κ3) is 22.3. The number of carbonyl (C=O) groups excluding carboxylic acids is 11. The van der Waals surface area contributed by atoms with Crippen molar-refractivity contribution in [3.63, 3.8) is 0 Å². The predicted octanol–water partition coefficient (Wildman–Crippen LogP) is 8.98. The van der Waals surface area contributed by atoms with Crippen molar-refractivity contribution in [2.45, 2.75) is 153 Å². The van der Waals surface area contributed by atoms with E-state index in [-0.39, 0.29) is 4.90 Å². The first-order valence-electron chi connectivity index (χ1n) is 85.6. The third-order valence-electron chi connectivity index (χ3n) is 16.6. The summed E-state index contributed by atoms with van der Waals surface area (Å²) < 4.78 is 924. The summed E-state index contributed by atoms with van der Waals surface area (Å²) in [6, 6.07) is -53.9. The van der Waals surface area contributed by atoms with E-state index in [2.05, 4.69) is 25.5 Å². The van der Waals surface area contributed by atoms with E-state index in [9.17, 15) is 52.7 Å². The Bertz CT molecular complexity index is 10500. The number of ether oxygens (including phenoxy) is 8. The Morgan fingerprint density at radius 3 is 0.904 bits per heavy atom. The highest BCUT2D eigenvalue weighted by Gasteiger charge is 2.45. The highest BCUT2D eigenvalue weighted by Crippen LogP contribution is 2.40. The van der Waals surface area contributed by atoms with Crippen molar-refractivity contribution in [1.29, 1.82) is 0 Å². The van der Waals surface area contributed by atoms with Gasteiger partial charge in [0, 0.05) is 224 Å². The van der Waals surface area contributed by atoms with Crippen LogP contribution in [0.5, 0.6) is 23.0 Å². The summed E-state index contributed by atoms with van der Waals surface area (Å²) >= 11 is 0. The molecule has 0 bridgehead atoms. The lowest BCUT2D eigenvalue weighted by atomic mass is 10.0. The van der Waals surface area contributed by atoms with E-state index in [0.29, 0.717) is 0 Å². The van der Waals surface area contributed by atoms with Gasteiger partial charge in [0.15, 0.2) is 0 Å². The number of hydrogen-bond acceptors (Lipinski definition) is 23. The second kappa shape index (κ2) is 43.3. The largest absolute Gasteiger partial charge is 0.488 e. The fourth-order valence-electron chi connectivity index (χ4n) is 10.8. The van der Waals surface area contributed by atoms with E-state index >= 15 is 17.6 Å². The zero-order chi connectivity index (χ0) is 183. The number of rotatable bonds is 24. The number of carbonyl (C=O) groups is 11. The molecule has 4 N–H and O–H groups in total. The molecule has 12 aliphatic rings. The molecule has 0 saturated carbocycles. The van der Waals surface area contributed by atoms with Gasteiger partial charge in [0.25, 0.3) is 23.6 Å². The molecular formula is C101H106F4N12O19. The van der Waals surface area contributed by atoms with Crippen molar-refractivity contribution in [3.8, 4) is 23.0 Å². The summed E-state index contributed by atoms with van der Waals surface area (Å²) in [7, 11) is 0. The van der Waals surface area contributed by atoms with Crippen LogP contribution < -0.4 is 40.2 Å². The standard InChI is InChI=1S/C26H28FN3O4.3C25H26FN3O5/c1-17-5-8-23(25(31)28-17)30-15-21-20(26(30)32)3-2-4-24(21)34-16-19-7-6-18(13-22(19)27)14-29-9-11-33-12-10-29;3*26-20-12-16(13-28-8-10-33-11-9-28)4-5-17(20)15-34-22-3-1-2-18-19(22)14-29(25(18)32)21-6-7-23(30)27-24(21)31/h2-4,6-7,13,23H,1,5,8-12,14-16H2,(H,28,31);3*1-5,12,21H,6-11,13-15H2,(H,27,30,31)/t23-;2*21-;/m110./s1/i2D,3D,4D,5D2,6D,7D,8D2,9D2,10D2,11D2,12D2,13D,14D2,15D2,16D2,23D;1D,2D,3D,4D,5D,6D2,7D2,8D2,9D2,10D2,11D2,12D,13D2,14D2,15D2;2*1D,2D,3D,4D,5D,6D2,7D2,8D2,9D2,10D2,11D2,12D,13D2,14D2,15D2,21D. The van der Waals surface area contributed by atoms with Crippen molar-refractivity contribution in [2.24, 2.45) is 0 Å². The van der Waals surface area contributed by atoms with Crippen LogP contribution in [-0.4, -0.2) is 233 Å². The highest BCUT2D eigenvalue weighted by molar-refractivity contribution is 6.08. The van der Waals surface area contributed by atoms with Gasteiger partial charge in [-0.2, -0.15) is 0 Å². The minimum absolute atomic E-state index is 0.290. The highest BCUT2D eigenvalue weighted by atomic mass is 19.1. The monoisotopic (exact) mass is 1970 g/mol. The third-order valence-corrected chi connectivity index (χ3v) is 16.6. The lowest BCUT2D eigenvalue weighted by Gasteiger charge is -2.31. The van der Waals surface area contributed by atoms with Gasteiger partial charge in [-0.3, -0.25) is 88.3 Å². The molecule has 8 fully saturated rings. The number of amides is 11. The number of morpholine rings is 4. The molecule has 0 aromatic heterocycles. The molecule has 8 saturated heterocycles. The second-order valence-electron chi connectivity index (χ2n) is 25.1. The van der Waals surface area contributed by atoms with E-state index in [0.717, 1.165) is 0 Å². The average Bonchev–Trinajstić information content (AvgIpc) is 1.55. The lowest BCUT2D eigenvalue weighted by molar-refractivity contribution is -0.138. The predicted molar refractivity (Wildman–Crippen MR) is 481 cm³/mol. The number of nitrogens with zero attached hydrogens (tertiary/aromatic N) is 8. The number of allylic oxidation sites excluding steroid dienone is 1. The maximum absolute atomic E-state index is 16.3. The quantitative estimate of drug-likeness (QED) is 0.0324. The molecule has 8 aromatic carbocycles. The van der Waals surface area contributed by atoms with Crippen molar-refractivity contribution in [3.05, 3.63) is 270 Å². The summed E-state index contributed by atoms with van der Waals surface area (Å²) in [5.41, 5.74) is -26.9. The van der Waals surface area contributed by atoms with Crippen LogP contribution in [0, 0.1) is 23.3 Å². The van der Waals surface area contributed by atoms with Crippen LogP contribution >= 0.6 is 0 Å². The molecule has 8 aromatic rings. The van der Waals surface area contributed by atoms with Gasteiger partial charge in [-0.25, -0.2) is 17.6 Å². The number of fused-ring (bicyclic) bond motifs is 4. The topological polar surface area (TPSA) is 336 Å². The molecule has 20 rings (SSSR count). The summed E-state index contributed by atoms with van der Waals surface area (Å²) in [6.45, 7) is -109. The van der Waals surface area contributed by atoms with Gasteiger partial charge in [-0.05, 0) is 127 Å². The first-order valence-corrected chi connectivity index (χ1v) is 36.1. The second-order valence-corrected chi connectivity index (χ2v) is 25.1. The van der Waals surface area contributed by atoms with Crippen molar-refractivity contribution in [1.82, 2.24) is 60.5 Å². The van der Waals surface area contributed by atoms with Crippen LogP contribution in [-0.2, 0) is 131 Å². The fraction of sp³-hybridized carbons (Fsp3) is 0.396. The van der Waals surface area contributed by atoms with Gasteiger partial charge in [0.2, 0.25) is 41.4 Å². The Hall–Kier alpha value is -13.1. The summed E-state index contributed by atoms with van der Waals surface area (Å²) in [4.78, 5) is 139. The molecule has 712 valence electrons. The van der Waals surface area contributed by atoms with Crippen LogP contribution in [0.15, 0.2) is 157 Å². The Morgan fingerprint density at radius 1 is 0.346 bits per heavy atom. The maximum Gasteiger partial charge on any atom is 0.255 e. The van der Waals surface area contributed by atoms with Crippen LogP contribution in [0.1, 0.15) is 295 Å². The summed E-state index contributed by atoms with van der Waals surface area (Å²) in [5.74, 6) is -37.3. The molecule has 12 heterocycles. The van der Waals surface area contributed by atoms with Crippen molar-refractivity contribution in [2.75, 3.05) is 104 Å². The van der Waals surface area contributed by atoms with E-state index in [1.54, 1.807) is 5.32 Å². The lowest BCUT2D eigenvalue weighted by Crippen LogP contribution is -2.52. The molecule has 0 radical (unpaired) electrons. The number of imide groups is 3. The molecule has 136 heavy (non-hydrogen) atoms. The van der Waals surface area contributed by atoms with Gasteiger partial charge < -0.3 is 62.8 Å². The van der Waals surface area contributed by atoms with Gasteiger partial charge >= 0.3 is 0 Å². The van der Waals surface area contributed by atoms with Gasteiger partial charge in [0.1, 0.15) is 96.6 Å². The van der Waals surface area contributed by atoms with E-state index < -0.39 is 643 Å². The Balaban J connectivity index is 0.000000199. The van der Waals surface area contributed by atoms with Crippen molar-refractivity contribution >= 4 is 65.0 Å². The summed E-state index contributed by atoms with van der Waals surface area (Å²) in [5, 5.41) is 5.79. The Labute approximate surface area is 921 Å². The minimum Gasteiger partial charge on any atom is -0.488 e. The van der Waals surface area contributed by atoms with Gasteiger partial charge in [-0.15, -0.1) is 0 Å². The van der Waals surface area contributed by atoms with Crippen LogP contribution in [0.25, 0.3) is 0 Å². The fourth-order valence-corrected chi connectivity index (χ4v) is 10.8. The van der Waals surface area contributed by atoms with E-state index in [1.807, 2.05) is 0 Å². The normalized spacial score (nSPS) is 44.4. The molecule has 4 atom stereocenters. The van der Waals surface area contributed by atoms with E-state index in [1.165, 1.54) is 16.0 Å². The van der Waals surface area contributed by atoms with Crippen molar-refractivity contribution < 1.29 is 244 Å².